The van der Waals surface area contributed by atoms with Gasteiger partial charge in [0.2, 0.25) is 0 Å². The maximum Gasteiger partial charge on any atom is 0.194 e. The number of fused-ring (bicyclic) bond motifs is 1. The highest BCUT2D eigenvalue weighted by Gasteiger charge is 2.32. The van der Waals surface area contributed by atoms with Crippen molar-refractivity contribution >= 4 is 22.6 Å². The summed E-state index contributed by atoms with van der Waals surface area (Å²) in [5.41, 5.74) is 6.92. The number of rotatable bonds is 3. The smallest absolute Gasteiger partial charge is 0.194 e. The summed E-state index contributed by atoms with van der Waals surface area (Å²) in [6.45, 7) is 4.09. The van der Waals surface area contributed by atoms with E-state index >= 15 is 0 Å². The van der Waals surface area contributed by atoms with Gasteiger partial charge in [-0.15, -0.1) is 0 Å². The van der Waals surface area contributed by atoms with Crippen LogP contribution in [0.25, 0.3) is 11.1 Å². The lowest BCUT2D eigenvalue weighted by Crippen LogP contribution is -2.44. The molecule has 0 aromatic heterocycles. The van der Waals surface area contributed by atoms with Crippen LogP contribution in [0.4, 0.5) is 5.69 Å². The van der Waals surface area contributed by atoms with E-state index in [1.54, 1.807) is 0 Å². The van der Waals surface area contributed by atoms with Crippen LogP contribution in [0.2, 0.25) is 0 Å². The Labute approximate surface area is 171 Å². The number of Topliss-reactive ketones (excluding diaryl/α,β-unsaturated/α-hetero) is 1. The molecule has 3 aromatic carbocycles. The molecule has 0 radical (unpaired) electrons. The number of carbonyl (C=O) groups is 1. The Hall–Kier alpha value is -3.17. The monoisotopic (exact) mass is 380 g/mol. The van der Waals surface area contributed by atoms with E-state index in [9.17, 15) is 4.79 Å². The van der Waals surface area contributed by atoms with Gasteiger partial charge in [0, 0.05) is 48.6 Å². The lowest BCUT2D eigenvalue weighted by Gasteiger charge is -2.34. The molecule has 144 valence electrons. The van der Waals surface area contributed by atoms with E-state index in [4.69, 9.17) is 0 Å². The first kappa shape index (κ1) is 17.9. The molecular weight excluding hydrogens is 356 g/mol. The van der Waals surface area contributed by atoms with Crippen LogP contribution in [0.5, 0.6) is 0 Å². The van der Waals surface area contributed by atoms with E-state index < -0.39 is 0 Å². The number of carbonyl (C=O) groups excluding carboxylic acids is 1. The lowest BCUT2D eigenvalue weighted by molar-refractivity contribution is 0.105. The highest BCUT2D eigenvalue weighted by atomic mass is 16.1. The summed E-state index contributed by atoms with van der Waals surface area (Å²) < 4.78 is 0. The van der Waals surface area contributed by atoms with Gasteiger partial charge in [-0.1, -0.05) is 66.7 Å². The summed E-state index contributed by atoms with van der Waals surface area (Å²) in [5, 5.41) is 0. The molecular formula is C26H24N2O. The largest absolute Gasteiger partial charge is 0.369 e. The number of nitrogens with zero attached hydrogens (tertiary/aromatic N) is 2. The molecule has 3 heteroatoms. The van der Waals surface area contributed by atoms with Crippen LogP contribution in [0.3, 0.4) is 0 Å². The molecule has 2 aliphatic rings. The highest BCUT2D eigenvalue weighted by Crippen LogP contribution is 2.43. The van der Waals surface area contributed by atoms with E-state index in [0.717, 1.165) is 65.3 Å². The summed E-state index contributed by atoms with van der Waals surface area (Å²) in [4.78, 5) is 18.3. The van der Waals surface area contributed by atoms with Crippen LogP contribution >= 0.6 is 0 Å². The molecule has 0 spiro atoms. The number of anilines is 1. The molecule has 29 heavy (non-hydrogen) atoms. The van der Waals surface area contributed by atoms with E-state index in [2.05, 4.69) is 47.2 Å². The summed E-state index contributed by atoms with van der Waals surface area (Å²) >= 11 is 0. The van der Waals surface area contributed by atoms with E-state index in [-0.39, 0.29) is 5.78 Å². The van der Waals surface area contributed by atoms with Crippen LogP contribution in [0.1, 0.15) is 27.0 Å². The van der Waals surface area contributed by atoms with Crippen molar-refractivity contribution in [3.8, 4) is 0 Å². The predicted molar refractivity (Wildman–Crippen MR) is 119 cm³/mol. The van der Waals surface area contributed by atoms with Gasteiger partial charge >= 0.3 is 0 Å². The molecule has 0 unspecified atom stereocenters. The Morgan fingerprint density at radius 2 is 1.24 bits per heavy atom. The first-order valence-electron chi connectivity index (χ1n) is 10.2. The van der Waals surface area contributed by atoms with Crippen LogP contribution < -0.4 is 4.90 Å². The molecule has 5 rings (SSSR count). The Morgan fingerprint density at radius 3 is 1.86 bits per heavy atom. The molecule has 0 saturated carbocycles. The quantitative estimate of drug-likeness (QED) is 0.664. The molecule has 1 fully saturated rings. The standard InChI is InChI=1S/C26H24N2O/c1-27-14-16-28(17-15-27)21-12-13-22-23(18-21)26(29)25(20-10-6-3-7-11-20)24(22)19-8-4-2-5-9-19/h2-13,18H,14-17H2,1H3. The van der Waals surface area contributed by atoms with Gasteiger partial charge in [0.1, 0.15) is 0 Å². The molecule has 0 N–H and O–H groups in total. The molecule has 0 atom stereocenters. The first-order chi connectivity index (χ1) is 14.2. The number of likely N-dealkylation sites (N-methyl/N-ethyl adjacent to an activating group) is 1. The highest BCUT2D eigenvalue weighted by molar-refractivity contribution is 6.41. The SMILES string of the molecule is CN1CCN(c2ccc3c(c2)C(=O)C(c2ccccc2)=C3c2ccccc2)CC1. The second-order valence-electron chi connectivity index (χ2n) is 7.83. The van der Waals surface area contributed by atoms with E-state index in [1.807, 2.05) is 48.5 Å². The van der Waals surface area contributed by atoms with Gasteiger partial charge in [0.25, 0.3) is 0 Å². The fourth-order valence-electron chi connectivity index (χ4n) is 4.37. The predicted octanol–water partition coefficient (Wildman–Crippen LogP) is 4.59. The van der Waals surface area contributed by atoms with Gasteiger partial charge < -0.3 is 9.80 Å². The Morgan fingerprint density at radius 1 is 0.655 bits per heavy atom. The van der Waals surface area contributed by atoms with Crippen molar-refractivity contribution in [1.29, 1.82) is 0 Å². The summed E-state index contributed by atoms with van der Waals surface area (Å²) in [6.07, 6.45) is 0. The van der Waals surface area contributed by atoms with Gasteiger partial charge in [0.15, 0.2) is 5.78 Å². The zero-order chi connectivity index (χ0) is 19.8. The maximum atomic E-state index is 13.6. The van der Waals surface area contributed by atoms with Crippen molar-refractivity contribution in [2.24, 2.45) is 0 Å². The topological polar surface area (TPSA) is 23.6 Å². The normalized spacial score (nSPS) is 17.0. The lowest BCUT2D eigenvalue weighted by atomic mass is 9.94. The minimum Gasteiger partial charge on any atom is -0.369 e. The fourth-order valence-corrected chi connectivity index (χ4v) is 4.37. The number of hydrogen-bond acceptors (Lipinski definition) is 3. The number of hydrogen-bond donors (Lipinski definition) is 0. The Balaban J connectivity index is 1.63. The Kier molecular flexibility index (Phi) is 4.53. The molecule has 3 nitrogen and oxygen atoms in total. The average molecular weight is 380 g/mol. The minimum absolute atomic E-state index is 0.126. The van der Waals surface area contributed by atoms with Crippen LogP contribution in [0, 0.1) is 0 Å². The molecule has 1 aliphatic heterocycles. The van der Waals surface area contributed by atoms with Gasteiger partial charge in [-0.05, 0) is 35.9 Å². The minimum atomic E-state index is 0.126. The van der Waals surface area contributed by atoms with Gasteiger partial charge in [-0.2, -0.15) is 0 Å². The molecule has 1 aliphatic carbocycles. The van der Waals surface area contributed by atoms with Crippen molar-refractivity contribution in [2.75, 3.05) is 38.1 Å². The third-order valence-electron chi connectivity index (χ3n) is 5.99. The summed E-state index contributed by atoms with van der Waals surface area (Å²) in [7, 11) is 2.16. The molecule has 0 bridgehead atoms. The van der Waals surface area contributed by atoms with Crippen molar-refractivity contribution in [1.82, 2.24) is 4.90 Å². The third-order valence-corrected chi connectivity index (χ3v) is 5.99. The maximum absolute atomic E-state index is 13.6. The second kappa shape index (κ2) is 7.34. The second-order valence-corrected chi connectivity index (χ2v) is 7.83. The molecule has 3 aromatic rings. The summed E-state index contributed by atoms with van der Waals surface area (Å²) in [5.74, 6) is 0.126. The fraction of sp³-hybridized carbons (Fsp3) is 0.192. The zero-order valence-electron chi connectivity index (χ0n) is 16.6. The van der Waals surface area contributed by atoms with Crippen molar-refractivity contribution < 1.29 is 4.79 Å². The van der Waals surface area contributed by atoms with Crippen LogP contribution in [0.15, 0.2) is 78.9 Å². The number of benzene rings is 3. The van der Waals surface area contributed by atoms with E-state index in [1.165, 1.54) is 0 Å². The van der Waals surface area contributed by atoms with Crippen molar-refractivity contribution in [2.45, 2.75) is 0 Å². The first-order valence-corrected chi connectivity index (χ1v) is 10.2. The molecule has 1 saturated heterocycles. The molecule has 0 amide bonds. The number of ketones is 1. The third kappa shape index (κ3) is 3.18. The van der Waals surface area contributed by atoms with Crippen molar-refractivity contribution in [3.63, 3.8) is 0 Å². The van der Waals surface area contributed by atoms with E-state index in [0.29, 0.717) is 0 Å². The van der Waals surface area contributed by atoms with Crippen molar-refractivity contribution in [3.05, 3.63) is 101 Å². The molecule has 1 heterocycles. The van der Waals surface area contributed by atoms with Gasteiger partial charge in [-0.25, -0.2) is 0 Å². The zero-order valence-corrected chi connectivity index (χ0v) is 16.6. The Bertz CT molecular complexity index is 1080. The van der Waals surface area contributed by atoms with Crippen LogP contribution in [-0.4, -0.2) is 43.9 Å². The summed E-state index contributed by atoms with van der Waals surface area (Å²) in [6, 6.07) is 26.7. The number of piperazine rings is 1. The number of allylic oxidation sites excluding steroid dienone is 1. The van der Waals surface area contributed by atoms with Crippen LogP contribution in [-0.2, 0) is 0 Å². The average Bonchev–Trinajstić information content (AvgIpc) is 3.07. The van der Waals surface area contributed by atoms with Gasteiger partial charge in [0.05, 0.1) is 0 Å². The van der Waals surface area contributed by atoms with Gasteiger partial charge in [-0.3, -0.25) is 4.79 Å².